The van der Waals surface area contributed by atoms with Crippen molar-refractivity contribution in [2.75, 3.05) is 20.1 Å². The van der Waals surface area contributed by atoms with Gasteiger partial charge in [-0.2, -0.15) is 0 Å². The number of carboxylic acid groups (broad SMARTS) is 1. The first-order valence-corrected chi connectivity index (χ1v) is 6.65. The number of aliphatic carboxylic acids is 1. The fraction of sp³-hybridized carbons (Fsp3) is 0.923. The van der Waals surface area contributed by atoms with E-state index in [2.05, 4.69) is 4.90 Å². The van der Waals surface area contributed by atoms with Crippen LogP contribution in [0.25, 0.3) is 0 Å². The predicted octanol–water partition coefficient (Wildman–Crippen LogP) is 1.48. The van der Waals surface area contributed by atoms with E-state index in [0.29, 0.717) is 25.7 Å². The lowest BCUT2D eigenvalue weighted by Gasteiger charge is -2.41. The average Bonchev–Trinajstić information content (AvgIpc) is 2.71. The topological polar surface area (TPSA) is 60.8 Å². The number of likely N-dealkylation sites (tertiary alicyclic amines) is 1. The summed E-state index contributed by atoms with van der Waals surface area (Å²) in [6.45, 7) is 1.75. The third-order valence-electron chi connectivity index (χ3n) is 4.79. The molecule has 17 heavy (non-hydrogen) atoms. The van der Waals surface area contributed by atoms with Crippen molar-refractivity contribution in [3.63, 3.8) is 0 Å². The van der Waals surface area contributed by atoms with Crippen molar-refractivity contribution in [1.29, 1.82) is 0 Å². The van der Waals surface area contributed by atoms with E-state index in [0.717, 1.165) is 32.4 Å². The normalized spacial score (nSPS) is 34.5. The van der Waals surface area contributed by atoms with E-state index in [1.165, 1.54) is 0 Å². The Bertz CT molecular complexity index is 299. The largest absolute Gasteiger partial charge is 0.481 e. The van der Waals surface area contributed by atoms with Crippen LogP contribution in [-0.4, -0.2) is 46.8 Å². The molecule has 1 aliphatic heterocycles. The molecule has 2 rings (SSSR count). The van der Waals surface area contributed by atoms with Crippen LogP contribution < -0.4 is 0 Å². The van der Waals surface area contributed by atoms with Gasteiger partial charge in [0.15, 0.2) is 0 Å². The molecule has 0 aromatic rings. The van der Waals surface area contributed by atoms with Gasteiger partial charge in [-0.3, -0.25) is 4.79 Å². The molecule has 4 nitrogen and oxygen atoms in total. The van der Waals surface area contributed by atoms with Gasteiger partial charge in [0.25, 0.3) is 0 Å². The predicted molar refractivity (Wildman–Crippen MR) is 64.8 cm³/mol. The maximum absolute atomic E-state index is 11.6. The fourth-order valence-corrected chi connectivity index (χ4v) is 3.59. The molecule has 1 saturated carbocycles. The smallest absolute Gasteiger partial charge is 0.312 e. The summed E-state index contributed by atoms with van der Waals surface area (Å²) < 4.78 is 0. The molecular weight excluding hydrogens is 218 g/mol. The number of hydrogen-bond acceptors (Lipinski definition) is 3. The molecule has 0 radical (unpaired) electrons. The molecule has 0 aromatic carbocycles. The number of hydrogen-bond donors (Lipinski definition) is 2. The minimum atomic E-state index is -1.000. The molecular formula is C13H23NO3. The second-order valence-corrected chi connectivity index (χ2v) is 5.78. The second kappa shape index (κ2) is 4.58. The number of carbonyl (C=O) groups is 1. The first kappa shape index (κ1) is 12.8. The lowest BCUT2D eigenvalue weighted by atomic mass is 9.67. The summed E-state index contributed by atoms with van der Waals surface area (Å²) in [7, 11) is 2.04. The van der Waals surface area contributed by atoms with Gasteiger partial charge >= 0.3 is 5.97 Å². The zero-order chi connectivity index (χ0) is 12.5. The molecule has 0 aromatic heterocycles. The van der Waals surface area contributed by atoms with Gasteiger partial charge in [0, 0.05) is 6.54 Å². The summed E-state index contributed by atoms with van der Waals surface area (Å²) in [5.74, 6) is -0.790. The lowest BCUT2D eigenvalue weighted by Crippen LogP contribution is -2.52. The maximum atomic E-state index is 11.6. The summed E-state index contributed by atoms with van der Waals surface area (Å²) in [5, 5.41) is 20.4. The minimum absolute atomic E-state index is 0.593. The van der Waals surface area contributed by atoms with Crippen LogP contribution in [0.3, 0.4) is 0 Å². The van der Waals surface area contributed by atoms with Crippen molar-refractivity contribution in [1.82, 2.24) is 4.90 Å². The summed E-state index contributed by atoms with van der Waals surface area (Å²) in [5.41, 5.74) is -1.88. The molecule has 1 saturated heterocycles. The van der Waals surface area contributed by atoms with Crippen molar-refractivity contribution in [2.45, 2.75) is 50.5 Å². The van der Waals surface area contributed by atoms with E-state index in [4.69, 9.17) is 0 Å². The maximum Gasteiger partial charge on any atom is 0.312 e. The van der Waals surface area contributed by atoms with E-state index in [-0.39, 0.29) is 0 Å². The van der Waals surface area contributed by atoms with Crippen LogP contribution in [0.15, 0.2) is 0 Å². The van der Waals surface area contributed by atoms with Crippen molar-refractivity contribution < 1.29 is 15.0 Å². The first-order chi connectivity index (χ1) is 8.00. The molecule has 2 N–H and O–H groups in total. The molecule has 1 aliphatic carbocycles. The number of nitrogens with zero attached hydrogens (tertiary/aromatic N) is 1. The van der Waals surface area contributed by atoms with Crippen molar-refractivity contribution in [2.24, 2.45) is 5.41 Å². The molecule has 1 heterocycles. The first-order valence-electron chi connectivity index (χ1n) is 6.65. The van der Waals surface area contributed by atoms with Crippen LogP contribution in [0, 0.1) is 5.41 Å². The molecule has 0 bridgehead atoms. The summed E-state index contributed by atoms with van der Waals surface area (Å²) in [4.78, 5) is 13.8. The van der Waals surface area contributed by atoms with Gasteiger partial charge in [0.05, 0.1) is 11.0 Å². The Labute approximate surface area is 103 Å². The lowest BCUT2D eigenvalue weighted by molar-refractivity contribution is -0.171. The highest BCUT2D eigenvalue weighted by molar-refractivity contribution is 5.76. The van der Waals surface area contributed by atoms with Crippen molar-refractivity contribution >= 4 is 5.97 Å². The van der Waals surface area contributed by atoms with Crippen molar-refractivity contribution in [3.8, 4) is 0 Å². The Kier molecular flexibility index (Phi) is 3.46. The highest BCUT2D eigenvalue weighted by Crippen LogP contribution is 2.50. The van der Waals surface area contributed by atoms with Gasteiger partial charge in [-0.15, -0.1) is 0 Å². The Morgan fingerprint density at radius 2 is 1.71 bits per heavy atom. The van der Waals surface area contributed by atoms with E-state index >= 15 is 0 Å². The number of carboxylic acids is 1. The molecule has 98 valence electrons. The van der Waals surface area contributed by atoms with Crippen LogP contribution in [-0.2, 0) is 4.79 Å². The second-order valence-electron chi connectivity index (χ2n) is 5.78. The van der Waals surface area contributed by atoms with Gasteiger partial charge in [-0.05, 0) is 45.7 Å². The quantitative estimate of drug-likeness (QED) is 0.768. The molecule has 0 amide bonds. The highest BCUT2D eigenvalue weighted by Gasteiger charge is 2.56. The standard InChI is InChI=1S/C13H23NO3/c1-14-9-4-7-13(17,8-10-14)12(11(15)16)5-2-3-6-12/h17H,2-10H2,1H3,(H,15,16). The van der Waals surface area contributed by atoms with E-state index in [9.17, 15) is 15.0 Å². The van der Waals surface area contributed by atoms with Crippen LogP contribution in [0.2, 0.25) is 0 Å². The van der Waals surface area contributed by atoms with Gasteiger partial charge < -0.3 is 15.1 Å². The van der Waals surface area contributed by atoms with Gasteiger partial charge in [-0.1, -0.05) is 12.8 Å². The monoisotopic (exact) mass is 241 g/mol. The third kappa shape index (κ3) is 2.08. The summed E-state index contributed by atoms with van der Waals surface area (Å²) in [6.07, 6.45) is 5.27. The van der Waals surface area contributed by atoms with Gasteiger partial charge in [-0.25, -0.2) is 0 Å². The summed E-state index contributed by atoms with van der Waals surface area (Å²) in [6, 6.07) is 0. The Hall–Kier alpha value is -0.610. The molecule has 4 heteroatoms. The van der Waals surface area contributed by atoms with E-state index < -0.39 is 17.0 Å². The van der Waals surface area contributed by atoms with Gasteiger partial charge in [0.2, 0.25) is 0 Å². The molecule has 2 fully saturated rings. The Morgan fingerprint density at radius 3 is 2.29 bits per heavy atom. The Balaban J connectivity index is 2.25. The minimum Gasteiger partial charge on any atom is -0.481 e. The SMILES string of the molecule is CN1CCCC(O)(C2(C(=O)O)CCCC2)CC1. The number of rotatable bonds is 2. The zero-order valence-corrected chi connectivity index (χ0v) is 10.6. The van der Waals surface area contributed by atoms with Crippen molar-refractivity contribution in [3.05, 3.63) is 0 Å². The van der Waals surface area contributed by atoms with E-state index in [1.54, 1.807) is 0 Å². The summed E-state index contributed by atoms with van der Waals surface area (Å²) >= 11 is 0. The molecule has 0 spiro atoms. The highest BCUT2D eigenvalue weighted by atomic mass is 16.4. The van der Waals surface area contributed by atoms with Crippen LogP contribution in [0.4, 0.5) is 0 Å². The Morgan fingerprint density at radius 1 is 1.06 bits per heavy atom. The van der Waals surface area contributed by atoms with Gasteiger partial charge in [0.1, 0.15) is 0 Å². The molecule has 1 unspecified atom stereocenters. The fourth-order valence-electron chi connectivity index (χ4n) is 3.59. The number of aliphatic hydroxyl groups is 1. The van der Waals surface area contributed by atoms with Crippen LogP contribution in [0.1, 0.15) is 44.9 Å². The zero-order valence-electron chi connectivity index (χ0n) is 10.6. The third-order valence-corrected chi connectivity index (χ3v) is 4.79. The van der Waals surface area contributed by atoms with Crippen LogP contribution in [0.5, 0.6) is 0 Å². The average molecular weight is 241 g/mol. The van der Waals surface area contributed by atoms with Crippen LogP contribution >= 0.6 is 0 Å². The molecule has 1 atom stereocenters. The van der Waals surface area contributed by atoms with E-state index in [1.807, 2.05) is 7.05 Å². The molecule has 2 aliphatic rings.